The predicted octanol–water partition coefficient (Wildman–Crippen LogP) is -3.17. The maximum absolute atomic E-state index is 12.0. The highest BCUT2D eigenvalue weighted by Crippen LogP contribution is 2.29. The van der Waals surface area contributed by atoms with Crippen LogP contribution in [0.25, 0.3) is 0 Å². The van der Waals surface area contributed by atoms with Crippen molar-refractivity contribution < 1.29 is 29.3 Å². The van der Waals surface area contributed by atoms with Gasteiger partial charge < -0.3 is 36.1 Å². The van der Waals surface area contributed by atoms with E-state index in [1.807, 2.05) is 0 Å². The number of hydrogen-bond acceptors (Lipinski definition) is 10. The number of carbonyl (C=O) groups excluding carboxylic acids is 2. The maximum Gasteiger partial charge on any atom is 0.323 e. The van der Waals surface area contributed by atoms with E-state index in [0.717, 1.165) is 11.0 Å². The molecule has 3 rings (SSSR count). The lowest BCUT2D eigenvalue weighted by Gasteiger charge is -2.16. The summed E-state index contributed by atoms with van der Waals surface area (Å²) in [5.74, 6) is -1.81. The van der Waals surface area contributed by atoms with Crippen LogP contribution in [-0.2, 0) is 20.7 Å². The molecule has 1 aliphatic rings. The zero-order valence-corrected chi connectivity index (χ0v) is 14.0. The van der Waals surface area contributed by atoms with E-state index in [1.54, 1.807) is 0 Å². The Morgan fingerprint density at radius 3 is 2.81 bits per heavy atom. The number of imidazole rings is 1. The number of primary amides is 1. The van der Waals surface area contributed by atoms with Crippen LogP contribution in [0.5, 0.6) is 0 Å². The highest BCUT2D eigenvalue weighted by molar-refractivity contribution is 5.88. The van der Waals surface area contributed by atoms with E-state index in [-0.39, 0.29) is 18.9 Å². The van der Waals surface area contributed by atoms with Crippen LogP contribution in [0.1, 0.15) is 22.5 Å². The molecule has 0 aliphatic carbocycles. The first kappa shape index (κ1) is 18.9. The fourth-order valence-electron chi connectivity index (χ4n) is 2.58. The van der Waals surface area contributed by atoms with Crippen LogP contribution in [-0.4, -0.2) is 77.8 Å². The average Bonchev–Trinajstić information content (AvgIpc) is 3.36. The minimum atomic E-state index is -1.38. The number of aromatic amines is 1. The number of aliphatic hydroxyl groups is 2. The second-order valence-corrected chi connectivity index (χ2v) is 5.98. The van der Waals surface area contributed by atoms with E-state index < -0.39 is 42.5 Å². The third-order valence-electron chi connectivity index (χ3n) is 4.01. The summed E-state index contributed by atoms with van der Waals surface area (Å²) in [6.45, 7) is -0.332. The molecule has 13 heteroatoms. The van der Waals surface area contributed by atoms with E-state index >= 15 is 0 Å². The fourth-order valence-corrected chi connectivity index (χ4v) is 2.58. The molecular weight excluding hydrogens is 362 g/mol. The van der Waals surface area contributed by atoms with E-state index in [1.165, 1.54) is 12.5 Å². The van der Waals surface area contributed by atoms with Crippen LogP contribution >= 0.6 is 0 Å². The van der Waals surface area contributed by atoms with Gasteiger partial charge in [0, 0.05) is 18.3 Å². The molecule has 13 nitrogen and oxygen atoms in total. The molecule has 0 bridgehead atoms. The number of esters is 1. The number of H-pyrrole nitrogens is 1. The van der Waals surface area contributed by atoms with Gasteiger partial charge in [-0.2, -0.15) is 0 Å². The standard InChI is InChI=1S/C14H19N7O6/c15-7(1-6-2-17-4-18-6)14(25)26-3-8-9(22)10(23)13(27-8)21-5-19-12(20-21)11(16)24/h2,4-5,7-10,13,22-23H,1,3,15H2,(H2,16,24)(H,17,18)/t7-,8-,9-,10-,13-/m1/s1. The molecule has 0 radical (unpaired) electrons. The van der Waals surface area contributed by atoms with Gasteiger partial charge in [-0.25, -0.2) is 14.6 Å². The van der Waals surface area contributed by atoms with Crippen molar-refractivity contribution in [3.8, 4) is 0 Å². The summed E-state index contributed by atoms with van der Waals surface area (Å²) >= 11 is 0. The molecular formula is C14H19N7O6. The Morgan fingerprint density at radius 1 is 1.41 bits per heavy atom. The number of nitrogens with one attached hydrogen (secondary N) is 1. The smallest absolute Gasteiger partial charge is 0.323 e. The van der Waals surface area contributed by atoms with Gasteiger partial charge >= 0.3 is 5.97 Å². The first-order valence-corrected chi connectivity index (χ1v) is 7.99. The van der Waals surface area contributed by atoms with Crippen LogP contribution < -0.4 is 11.5 Å². The predicted molar refractivity (Wildman–Crippen MR) is 85.7 cm³/mol. The van der Waals surface area contributed by atoms with Gasteiger partial charge in [0.05, 0.1) is 6.33 Å². The van der Waals surface area contributed by atoms with Gasteiger partial charge in [-0.3, -0.25) is 9.59 Å². The number of carbonyl (C=O) groups is 2. The second kappa shape index (κ2) is 7.79. The van der Waals surface area contributed by atoms with Crippen LogP contribution in [0.2, 0.25) is 0 Å². The highest BCUT2D eigenvalue weighted by atomic mass is 16.6. The van der Waals surface area contributed by atoms with Crippen LogP contribution in [0, 0.1) is 0 Å². The highest BCUT2D eigenvalue weighted by Gasteiger charge is 2.45. The van der Waals surface area contributed by atoms with Crippen LogP contribution in [0.4, 0.5) is 0 Å². The van der Waals surface area contributed by atoms with E-state index in [9.17, 15) is 19.8 Å². The Kier molecular flexibility index (Phi) is 5.46. The monoisotopic (exact) mass is 381 g/mol. The van der Waals surface area contributed by atoms with Crippen LogP contribution in [0.3, 0.4) is 0 Å². The van der Waals surface area contributed by atoms with Crippen molar-refractivity contribution in [2.75, 3.05) is 6.61 Å². The Labute approximate surface area is 152 Å². The van der Waals surface area contributed by atoms with Gasteiger partial charge in [-0.1, -0.05) is 0 Å². The van der Waals surface area contributed by atoms with E-state index in [0.29, 0.717) is 5.69 Å². The summed E-state index contributed by atoms with van der Waals surface area (Å²) in [7, 11) is 0. The quantitative estimate of drug-likeness (QED) is 0.304. The molecule has 0 spiro atoms. The molecule has 3 heterocycles. The van der Waals surface area contributed by atoms with Gasteiger partial charge in [0.15, 0.2) is 6.23 Å². The molecule has 2 aromatic heterocycles. The summed E-state index contributed by atoms with van der Waals surface area (Å²) < 4.78 is 11.6. The van der Waals surface area contributed by atoms with Crippen molar-refractivity contribution in [1.82, 2.24) is 24.7 Å². The number of hydrogen-bond donors (Lipinski definition) is 5. The first-order chi connectivity index (χ1) is 12.9. The van der Waals surface area contributed by atoms with Crippen molar-refractivity contribution in [2.45, 2.75) is 37.0 Å². The van der Waals surface area contributed by atoms with E-state index in [2.05, 4.69) is 20.1 Å². The molecule has 0 unspecified atom stereocenters. The zero-order chi connectivity index (χ0) is 19.6. The van der Waals surface area contributed by atoms with Gasteiger partial charge in [0.1, 0.15) is 37.3 Å². The Hall–Kier alpha value is -2.87. The number of ether oxygens (including phenoxy) is 2. The summed E-state index contributed by atoms with van der Waals surface area (Å²) in [6, 6.07) is -0.932. The minimum absolute atomic E-state index is 0.201. The number of amides is 1. The molecule has 1 saturated heterocycles. The number of aromatic nitrogens is 5. The lowest BCUT2D eigenvalue weighted by atomic mass is 10.1. The Bertz CT molecular complexity index is 794. The normalized spacial score (nSPS) is 26.0. The number of aliphatic hydroxyl groups excluding tert-OH is 2. The van der Waals surface area contributed by atoms with Crippen molar-refractivity contribution in [3.05, 3.63) is 30.4 Å². The molecule has 2 aromatic rings. The summed E-state index contributed by atoms with van der Waals surface area (Å²) in [5, 5.41) is 24.0. The minimum Gasteiger partial charge on any atom is -0.462 e. The zero-order valence-electron chi connectivity index (χ0n) is 14.0. The summed E-state index contributed by atoms with van der Waals surface area (Å²) in [5.41, 5.74) is 11.5. The molecule has 146 valence electrons. The molecule has 0 saturated carbocycles. The molecule has 7 N–H and O–H groups in total. The number of nitrogens with two attached hydrogens (primary N) is 2. The molecule has 5 atom stereocenters. The van der Waals surface area contributed by atoms with Crippen molar-refractivity contribution >= 4 is 11.9 Å². The van der Waals surface area contributed by atoms with Crippen molar-refractivity contribution in [2.24, 2.45) is 11.5 Å². The third kappa shape index (κ3) is 4.11. The third-order valence-corrected chi connectivity index (χ3v) is 4.01. The summed E-state index contributed by atoms with van der Waals surface area (Å²) in [6.07, 6.45) is -0.537. The number of nitrogens with zero attached hydrogens (tertiary/aromatic N) is 4. The first-order valence-electron chi connectivity index (χ1n) is 7.99. The molecule has 1 amide bonds. The van der Waals surface area contributed by atoms with Gasteiger partial charge in [-0.05, 0) is 0 Å². The van der Waals surface area contributed by atoms with Gasteiger partial charge in [0.2, 0.25) is 5.82 Å². The van der Waals surface area contributed by atoms with Crippen LogP contribution in [0.15, 0.2) is 18.9 Å². The Balaban J connectivity index is 1.55. The van der Waals surface area contributed by atoms with Gasteiger partial charge in [-0.15, -0.1) is 5.10 Å². The molecule has 1 fully saturated rings. The number of rotatable bonds is 7. The average molecular weight is 381 g/mol. The fraction of sp³-hybridized carbons (Fsp3) is 0.500. The molecule has 0 aromatic carbocycles. The topological polar surface area (TPSA) is 204 Å². The summed E-state index contributed by atoms with van der Waals surface area (Å²) in [4.78, 5) is 33.4. The molecule has 27 heavy (non-hydrogen) atoms. The molecule has 1 aliphatic heterocycles. The van der Waals surface area contributed by atoms with Gasteiger partial charge in [0.25, 0.3) is 5.91 Å². The SMILES string of the molecule is NC(=O)c1ncn([C@@H]2O[C@H](COC(=O)[C@H](N)Cc3cnc[nH]3)[C@@H](O)[C@H]2O)n1. The van der Waals surface area contributed by atoms with Crippen molar-refractivity contribution in [1.29, 1.82) is 0 Å². The largest absolute Gasteiger partial charge is 0.462 e. The second-order valence-electron chi connectivity index (χ2n) is 5.98. The Morgan fingerprint density at radius 2 is 2.19 bits per heavy atom. The lowest BCUT2D eigenvalue weighted by molar-refractivity contribution is -0.151. The van der Waals surface area contributed by atoms with Crippen molar-refractivity contribution in [3.63, 3.8) is 0 Å². The van der Waals surface area contributed by atoms with E-state index in [4.69, 9.17) is 20.9 Å². The lowest BCUT2D eigenvalue weighted by Crippen LogP contribution is -2.39. The maximum atomic E-state index is 12.0.